The molecule has 1 amide bonds. The van der Waals surface area contributed by atoms with Gasteiger partial charge < -0.3 is 10.6 Å². The second-order valence-electron chi connectivity index (χ2n) is 5.42. The molecule has 2 heterocycles. The molecule has 2 aromatic rings. The fraction of sp³-hybridized carbons (Fsp3) is 0.500. The molecule has 7 heteroatoms. The van der Waals surface area contributed by atoms with Crippen LogP contribution in [0.15, 0.2) is 12.1 Å². The Morgan fingerprint density at radius 2 is 2.38 bits per heavy atom. The highest BCUT2D eigenvalue weighted by molar-refractivity contribution is 7.00. The minimum Gasteiger partial charge on any atom is -0.322 e. The average Bonchev–Trinajstić information content (AvgIpc) is 2.99. The third-order valence-corrected chi connectivity index (χ3v) is 5.10. The number of nitrogens with one attached hydrogen (secondary N) is 2. The van der Waals surface area contributed by atoms with Gasteiger partial charge in [0.05, 0.1) is 27.9 Å². The van der Waals surface area contributed by atoms with Crippen LogP contribution in [0.2, 0.25) is 5.02 Å². The van der Waals surface area contributed by atoms with Gasteiger partial charge in [0.15, 0.2) is 0 Å². The summed E-state index contributed by atoms with van der Waals surface area (Å²) in [4.78, 5) is 12.8. The number of benzene rings is 1. The van der Waals surface area contributed by atoms with Crippen LogP contribution in [0.5, 0.6) is 0 Å². The summed E-state index contributed by atoms with van der Waals surface area (Å²) in [6.07, 6.45) is 2.71. The third kappa shape index (κ3) is 2.63. The number of rotatable bonds is 3. The lowest BCUT2D eigenvalue weighted by molar-refractivity contribution is -0.126. The van der Waals surface area contributed by atoms with E-state index in [1.54, 1.807) is 6.07 Å². The van der Waals surface area contributed by atoms with Gasteiger partial charge in [-0.3, -0.25) is 4.79 Å². The maximum absolute atomic E-state index is 12.8. The molecule has 1 unspecified atom stereocenters. The van der Waals surface area contributed by atoms with Gasteiger partial charge in [0, 0.05) is 6.54 Å². The fourth-order valence-corrected chi connectivity index (χ4v) is 3.56. The number of hydrogen-bond donors (Lipinski definition) is 2. The zero-order valence-electron chi connectivity index (χ0n) is 11.8. The monoisotopic (exact) mass is 324 g/mol. The number of carbonyl (C=O) groups excluding carboxylic acids is 1. The van der Waals surface area contributed by atoms with E-state index in [1.165, 1.54) is 0 Å². The average molecular weight is 325 g/mol. The smallest absolute Gasteiger partial charge is 0.231 e. The van der Waals surface area contributed by atoms with Crippen LogP contribution in [-0.2, 0) is 4.79 Å². The Bertz CT molecular complexity index is 666. The number of nitrogens with zero attached hydrogens (tertiary/aromatic N) is 2. The van der Waals surface area contributed by atoms with Gasteiger partial charge in [0.1, 0.15) is 11.0 Å². The van der Waals surface area contributed by atoms with E-state index >= 15 is 0 Å². The van der Waals surface area contributed by atoms with E-state index in [0.717, 1.165) is 43.1 Å². The Morgan fingerprint density at radius 3 is 3.10 bits per heavy atom. The topological polar surface area (TPSA) is 66.9 Å². The van der Waals surface area contributed by atoms with Gasteiger partial charge in [-0.1, -0.05) is 18.5 Å². The normalized spacial score (nSPS) is 22.4. The van der Waals surface area contributed by atoms with Crippen molar-refractivity contribution < 1.29 is 4.79 Å². The molecule has 1 saturated heterocycles. The van der Waals surface area contributed by atoms with Gasteiger partial charge in [-0.2, -0.15) is 8.75 Å². The molecule has 0 radical (unpaired) electrons. The Balaban J connectivity index is 1.92. The van der Waals surface area contributed by atoms with Crippen LogP contribution in [0.25, 0.3) is 11.0 Å². The van der Waals surface area contributed by atoms with Crippen molar-refractivity contribution in [1.82, 2.24) is 14.1 Å². The molecule has 0 bridgehead atoms. The Labute approximate surface area is 132 Å². The maximum atomic E-state index is 12.8. The molecule has 1 atom stereocenters. The van der Waals surface area contributed by atoms with Crippen LogP contribution in [-0.4, -0.2) is 27.7 Å². The Morgan fingerprint density at radius 1 is 1.52 bits per heavy atom. The van der Waals surface area contributed by atoms with Crippen LogP contribution >= 0.6 is 23.3 Å². The van der Waals surface area contributed by atoms with E-state index in [0.29, 0.717) is 22.8 Å². The van der Waals surface area contributed by atoms with E-state index in [1.807, 2.05) is 6.07 Å². The highest BCUT2D eigenvalue weighted by Gasteiger charge is 2.38. The molecular weight excluding hydrogens is 308 g/mol. The number of halogens is 1. The predicted octanol–water partition coefficient (Wildman–Crippen LogP) is 3.06. The lowest BCUT2D eigenvalue weighted by Gasteiger charge is -2.35. The van der Waals surface area contributed by atoms with Crippen LogP contribution < -0.4 is 10.6 Å². The van der Waals surface area contributed by atoms with Gasteiger partial charge in [-0.25, -0.2) is 0 Å². The molecule has 0 aliphatic carbocycles. The van der Waals surface area contributed by atoms with Crippen molar-refractivity contribution in [3.8, 4) is 0 Å². The van der Waals surface area contributed by atoms with Gasteiger partial charge in [0.25, 0.3) is 0 Å². The number of fused-ring (bicyclic) bond motifs is 1. The lowest BCUT2D eigenvalue weighted by Crippen LogP contribution is -2.47. The number of amides is 1. The molecule has 1 aliphatic rings. The minimum absolute atomic E-state index is 0.0135. The second-order valence-corrected chi connectivity index (χ2v) is 6.36. The summed E-state index contributed by atoms with van der Waals surface area (Å²) in [5, 5.41) is 6.81. The van der Waals surface area contributed by atoms with E-state index < -0.39 is 0 Å². The standard InChI is InChI=1S/C14H17ClN4OS/c1-2-14(6-3-7-16-8-14)13(20)17-11-9(15)4-5-10-12(11)19-21-18-10/h4-5,16H,2-3,6-8H2,1H3,(H,17,20). The number of hydrogen-bond acceptors (Lipinski definition) is 5. The van der Waals surface area contributed by atoms with E-state index in [-0.39, 0.29) is 11.3 Å². The Hall–Kier alpha value is -1.24. The molecule has 0 spiro atoms. The van der Waals surface area contributed by atoms with Crippen molar-refractivity contribution >= 4 is 46.0 Å². The summed E-state index contributed by atoms with van der Waals surface area (Å²) >= 11 is 7.36. The fourth-order valence-electron chi connectivity index (χ4n) is 2.82. The summed E-state index contributed by atoms with van der Waals surface area (Å²) < 4.78 is 8.43. The van der Waals surface area contributed by atoms with Crippen molar-refractivity contribution in [2.24, 2.45) is 5.41 Å². The first-order chi connectivity index (χ1) is 10.2. The van der Waals surface area contributed by atoms with Crippen LogP contribution in [0.4, 0.5) is 5.69 Å². The largest absolute Gasteiger partial charge is 0.322 e. The van der Waals surface area contributed by atoms with Crippen molar-refractivity contribution in [3.63, 3.8) is 0 Å². The number of aromatic nitrogens is 2. The van der Waals surface area contributed by atoms with Crippen LogP contribution in [0.3, 0.4) is 0 Å². The molecule has 1 aromatic heterocycles. The summed E-state index contributed by atoms with van der Waals surface area (Å²) in [5.41, 5.74) is 1.63. The molecule has 1 aliphatic heterocycles. The number of anilines is 1. The Kier molecular flexibility index (Phi) is 4.10. The van der Waals surface area contributed by atoms with E-state index in [2.05, 4.69) is 26.3 Å². The second kappa shape index (κ2) is 5.87. The molecule has 5 nitrogen and oxygen atoms in total. The first kappa shape index (κ1) is 14.7. The minimum atomic E-state index is -0.368. The van der Waals surface area contributed by atoms with E-state index in [9.17, 15) is 4.79 Å². The van der Waals surface area contributed by atoms with Crippen molar-refractivity contribution in [2.75, 3.05) is 18.4 Å². The molecule has 0 saturated carbocycles. The zero-order valence-corrected chi connectivity index (χ0v) is 13.4. The van der Waals surface area contributed by atoms with Gasteiger partial charge in [-0.15, -0.1) is 0 Å². The maximum Gasteiger partial charge on any atom is 0.231 e. The first-order valence-electron chi connectivity index (χ1n) is 7.09. The lowest BCUT2D eigenvalue weighted by atomic mass is 9.77. The molecule has 3 rings (SSSR count). The summed E-state index contributed by atoms with van der Waals surface area (Å²) in [7, 11) is 0. The van der Waals surface area contributed by atoms with Crippen molar-refractivity contribution in [3.05, 3.63) is 17.2 Å². The van der Waals surface area contributed by atoms with Crippen molar-refractivity contribution in [1.29, 1.82) is 0 Å². The highest BCUT2D eigenvalue weighted by atomic mass is 35.5. The third-order valence-electron chi connectivity index (χ3n) is 4.25. The summed E-state index contributed by atoms with van der Waals surface area (Å²) in [6, 6.07) is 3.56. The van der Waals surface area contributed by atoms with Gasteiger partial charge >= 0.3 is 0 Å². The highest BCUT2D eigenvalue weighted by Crippen LogP contribution is 2.35. The quantitative estimate of drug-likeness (QED) is 0.910. The van der Waals surface area contributed by atoms with E-state index in [4.69, 9.17) is 11.6 Å². The molecule has 1 fully saturated rings. The van der Waals surface area contributed by atoms with Crippen LogP contribution in [0, 0.1) is 5.41 Å². The van der Waals surface area contributed by atoms with Gasteiger partial charge in [-0.05, 0) is 37.9 Å². The molecule has 1 aromatic carbocycles. The summed E-state index contributed by atoms with van der Waals surface area (Å²) in [6.45, 7) is 3.73. The zero-order chi connectivity index (χ0) is 14.9. The number of carbonyl (C=O) groups is 1. The van der Waals surface area contributed by atoms with Crippen LogP contribution in [0.1, 0.15) is 26.2 Å². The molecule has 21 heavy (non-hydrogen) atoms. The SMILES string of the molecule is CCC1(C(=O)Nc2c(Cl)ccc3nsnc23)CCCNC1. The number of piperidine rings is 1. The predicted molar refractivity (Wildman–Crippen MR) is 85.9 cm³/mol. The first-order valence-corrected chi connectivity index (χ1v) is 8.20. The van der Waals surface area contributed by atoms with Gasteiger partial charge in [0.2, 0.25) is 5.91 Å². The molecule has 112 valence electrons. The summed E-state index contributed by atoms with van der Waals surface area (Å²) in [5.74, 6) is 0.0135. The molecular formula is C14H17ClN4OS. The van der Waals surface area contributed by atoms with Crippen molar-refractivity contribution in [2.45, 2.75) is 26.2 Å². The molecule has 2 N–H and O–H groups in total.